The number of aliphatic imine (C=N–C) groups is 4. The van der Waals surface area contributed by atoms with Crippen molar-refractivity contribution in [1.82, 2.24) is 65.1 Å². The molecule has 656 valence electrons. The van der Waals surface area contributed by atoms with Gasteiger partial charge in [-0.25, -0.2) is 51.9 Å². The molecule has 1 unspecified atom stereocenters. The molecular formula is C83H100BrCl3F3N17O12S3. The number of carbonyl (C=O) groups is 6. The Morgan fingerprint density at radius 1 is 0.533 bits per heavy atom. The van der Waals surface area contributed by atoms with Crippen molar-refractivity contribution in [3.63, 3.8) is 0 Å². The summed E-state index contributed by atoms with van der Waals surface area (Å²) in [6.45, 7) is 23.5. The molecule has 6 atom stereocenters. The fourth-order valence-electron chi connectivity index (χ4n) is 15.8. The van der Waals surface area contributed by atoms with E-state index in [4.69, 9.17) is 59.0 Å². The first-order chi connectivity index (χ1) is 57.6. The number of aliphatic hydroxyl groups is 3. The fraction of sp³-hybridized carbons (Fsp3) is 0.482. The maximum Gasteiger partial charge on any atom is 0.338 e. The van der Waals surface area contributed by atoms with Gasteiger partial charge in [-0.2, -0.15) is 4.99 Å². The molecule has 0 radical (unpaired) electrons. The van der Waals surface area contributed by atoms with E-state index in [0.717, 1.165) is 25.9 Å². The topological polar surface area (TPSA) is 328 Å². The number of alkyl halides is 1. The van der Waals surface area contributed by atoms with E-state index in [1.54, 1.807) is 108 Å². The second kappa shape index (κ2) is 41.0. The summed E-state index contributed by atoms with van der Waals surface area (Å²) in [4.78, 5) is 119. The molecular weight excluding hydrogens is 1770 g/mol. The van der Waals surface area contributed by atoms with Gasteiger partial charge in [-0.05, 0) is 99.8 Å². The number of amides is 6. The quantitative estimate of drug-likeness (QED) is 0.0153. The maximum absolute atomic E-state index is 14.5. The normalized spacial score (nSPS) is 21.7. The monoisotopic (exact) mass is 1860 g/mol. The molecule has 39 heteroatoms. The molecule has 6 fully saturated rings. The molecule has 10 aliphatic rings. The molecule has 122 heavy (non-hydrogen) atoms. The number of fused-ring (bicyclic) bond motifs is 3. The number of rotatable bonds is 23. The molecule has 0 saturated carbocycles. The highest BCUT2D eigenvalue weighted by Crippen LogP contribution is 2.42. The highest BCUT2D eigenvalue weighted by atomic mass is 79.9. The average Bonchev–Trinajstić information content (AvgIpc) is 1.12. The zero-order chi connectivity index (χ0) is 86.9. The summed E-state index contributed by atoms with van der Waals surface area (Å²) < 4.78 is 59.1. The number of nitrogens with zero attached hydrogens (tertiary/aromatic N) is 14. The van der Waals surface area contributed by atoms with Crippen LogP contribution in [0, 0.1) is 30.3 Å². The molecule has 6 saturated heterocycles. The molecule has 5 aromatic rings. The number of β-amino-alcohol motifs (C(OH)–C–C–N with tert-alkyl or cyclic N) is 3. The minimum atomic E-state index is -0.995. The number of thiazole rings is 2. The van der Waals surface area contributed by atoms with E-state index in [9.17, 15) is 57.3 Å². The van der Waals surface area contributed by atoms with Crippen LogP contribution in [-0.2, 0) is 28.6 Å². The van der Waals surface area contributed by atoms with E-state index in [-0.39, 0.29) is 102 Å². The number of nitrogens with one attached hydrogen (secondary N) is 3. The smallest absolute Gasteiger partial charge is 0.338 e. The number of aromatic nitrogens is 2. The lowest BCUT2D eigenvalue weighted by molar-refractivity contribution is -0.139. The van der Waals surface area contributed by atoms with Gasteiger partial charge in [-0.15, -0.1) is 22.7 Å². The second-order valence-electron chi connectivity index (χ2n) is 31.8. The number of allylic oxidation sites excluding steroid dienone is 1. The summed E-state index contributed by atoms with van der Waals surface area (Å²) in [7, 11) is 0. The summed E-state index contributed by atoms with van der Waals surface area (Å²) in [6, 6.07) is 10.9. The van der Waals surface area contributed by atoms with Gasteiger partial charge >= 0.3 is 41.4 Å². The van der Waals surface area contributed by atoms with Crippen molar-refractivity contribution in [1.29, 1.82) is 0 Å². The Kier molecular flexibility index (Phi) is 31.6. The molecule has 0 spiro atoms. The Morgan fingerprint density at radius 3 is 1.25 bits per heavy atom. The highest BCUT2D eigenvalue weighted by Gasteiger charge is 2.47. The van der Waals surface area contributed by atoms with E-state index in [2.05, 4.69) is 67.0 Å². The number of esters is 3. The second-order valence-corrected chi connectivity index (χ2v) is 36.1. The first kappa shape index (κ1) is 94.1. The van der Waals surface area contributed by atoms with Crippen molar-refractivity contribution in [3.05, 3.63) is 190 Å². The SMILES string of the molecule is CC(C)(O)CN1CC2CCCCN2C1=O.CCOC(=O)C1=C(CBr)NC(c2nccs2)=N[C@H]1c1cccc(F)c1Cl.CCOC(=O)C1=C(CN2CCN3C(=O)N(CC(C)(C)O)C[C@@H]3C2)NC(c2nccs2)=N[C@H]1c1cccc(F)c1Cl.CCOC(=O)C1=C(CN2CCN3C(=O)N(CC(C)(C)O)C[C@H]3C2)NC(C2=NC=[C+]S2)=N[C@H]1c1cccc(F)c1Cl.[CH3-]. The number of urea groups is 3. The van der Waals surface area contributed by atoms with Gasteiger partial charge in [0.05, 0.1) is 106 Å². The lowest BCUT2D eigenvalue weighted by Gasteiger charge is -2.38. The number of piperidine rings is 1. The van der Waals surface area contributed by atoms with Gasteiger partial charge < -0.3 is 82.3 Å². The van der Waals surface area contributed by atoms with Gasteiger partial charge in [0.2, 0.25) is 16.8 Å². The summed E-state index contributed by atoms with van der Waals surface area (Å²) in [5, 5.41) is 48.4. The average molecular weight is 1870 g/mol. The van der Waals surface area contributed by atoms with Gasteiger partial charge in [-0.3, -0.25) is 24.8 Å². The van der Waals surface area contributed by atoms with E-state index in [1.165, 1.54) is 83.5 Å². The molecule has 6 amide bonds. The third kappa shape index (κ3) is 22.5. The van der Waals surface area contributed by atoms with Crippen LogP contribution in [-0.4, -0.2) is 281 Å². The first-order valence-corrected chi connectivity index (χ1v) is 44.5. The van der Waals surface area contributed by atoms with Gasteiger partial charge in [0.1, 0.15) is 35.6 Å². The van der Waals surface area contributed by atoms with Crippen LogP contribution in [0.25, 0.3) is 0 Å². The lowest BCUT2D eigenvalue weighted by Crippen LogP contribution is -2.53. The Morgan fingerprint density at radius 2 is 0.902 bits per heavy atom. The first-order valence-electron chi connectivity index (χ1n) is 39.7. The Balaban J connectivity index is 0.000000167. The summed E-state index contributed by atoms with van der Waals surface area (Å²) >= 11 is 26.4. The van der Waals surface area contributed by atoms with Crippen LogP contribution in [0.4, 0.5) is 27.6 Å². The molecule has 6 N–H and O–H groups in total. The third-order valence-corrected chi connectivity index (χ3v) is 24.8. The van der Waals surface area contributed by atoms with Crippen molar-refractivity contribution in [2.24, 2.45) is 20.0 Å². The van der Waals surface area contributed by atoms with E-state index in [0.29, 0.717) is 150 Å². The highest BCUT2D eigenvalue weighted by molar-refractivity contribution is 9.09. The Labute approximate surface area is 743 Å². The molecule has 2 aromatic heterocycles. The Bertz CT molecular complexity index is 4950. The summed E-state index contributed by atoms with van der Waals surface area (Å²) in [6.07, 6.45) is 8.33. The summed E-state index contributed by atoms with van der Waals surface area (Å²) in [5.41, 5.74) is 0.792. The number of carbonyl (C=O) groups excluding carboxylic acids is 6. The van der Waals surface area contributed by atoms with Crippen LogP contribution < -0.4 is 16.0 Å². The standard InChI is InChI=1S/C27H32ClFN6O4S.C27H30ClFN6O4S.C17H14BrClFN3O2S.C11H20N2O2.CH3/c2*1-4-39-25(36)20-19(14-33-9-10-35-16(12-33)13-34(26(35)37)15-27(2,3)38)31-23(24-30-8-11-40-24)32-22(20)17-6-5-7-18(29)21(17)28;1-2-25-17(24)12-11(8-18)22-15(16-21-6-7-26-16)23-14(12)9-4-3-5-10(20)13(9)19;1-11(2,15)8-12-7-9-5-3-4-6-13(9)10(12)14;/h5-8,11,16,22,38H,4,9-10,12-15H2,1-3H3,(H,31,32);5-8,16,22,38H,4,9-10,12-15H2,1-3H3;3-7,14H,2,8H2,1H3,(H,22,23);9,15H,3-8H2,1-2H3;1H3/q;;;;-1/p+1/t16-,22-;16-,22+;14-;;/m010../s1. The zero-order valence-electron chi connectivity index (χ0n) is 69.3. The van der Waals surface area contributed by atoms with Crippen molar-refractivity contribution in [2.45, 2.75) is 135 Å². The minimum Gasteiger partial charge on any atom is -0.463 e. The number of amidine groups is 3. The molecule has 12 heterocycles. The van der Waals surface area contributed by atoms with Gasteiger partial charge in [0.25, 0.3) is 6.20 Å². The number of ether oxygens (including phenoxy) is 3. The van der Waals surface area contributed by atoms with Crippen LogP contribution in [0.3, 0.4) is 0 Å². The maximum atomic E-state index is 14.5. The molecule has 0 aliphatic carbocycles. The van der Waals surface area contributed by atoms with Gasteiger partial charge in [-0.1, -0.05) is 87.1 Å². The molecule has 15 rings (SSSR count). The van der Waals surface area contributed by atoms with E-state index < -0.39 is 70.3 Å². The van der Waals surface area contributed by atoms with Crippen molar-refractivity contribution in [3.8, 4) is 0 Å². The number of piperazine rings is 2. The molecule has 0 bridgehead atoms. The van der Waals surface area contributed by atoms with Gasteiger partial charge in [0.15, 0.2) is 27.5 Å². The predicted molar refractivity (Wildman–Crippen MR) is 469 cm³/mol. The van der Waals surface area contributed by atoms with Crippen LogP contribution in [0.5, 0.6) is 0 Å². The van der Waals surface area contributed by atoms with E-state index in [1.807, 2.05) is 25.5 Å². The number of halogens is 7. The largest absolute Gasteiger partial charge is 0.463 e. The van der Waals surface area contributed by atoms with Crippen LogP contribution in [0.2, 0.25) is 15.1 Å². The third-order valence-electron chi connectivity index (χ3n) is 20.8. The number of hydrogen-bond acceptors (Lipinski definition) is 26. The van der Waals surface area contributed by atoms with Crippen LogP contribution in [0.1, 0.15) is 126 Å². The lowest BCUT2D eigenvalue weighted by atomic mass is 9.95. The Hall–Kier alpha value is -8.62. The fourth-order valence-corrected chi connectivity index (χ4v) is 18.7. The summed E-state index contributed by atoms with van der Waals surface area (Å²) in [5.74, 6) is -2.09. The number of thioether (sulfide) groups is 1. The zero-order valence-corrected chi connectivity index (χ0v) is 75.6. The van der Waals surface area contributed by atoms with E-state index >= 15 is 0 Å². The minimum absolute atomic E-state index is 0. The predicted octanol–water partition coefficient (Wildman–Crippen LogP) is 11.7. The van der Waals surface area contributed by atoms with Crippen molar-refractivity contribution in [2.75, 3.05) is 123 Å². The number of hydrogen-bond donors (Lipinski definition) is 6. The van der Waals surface area contributed by atoms with Crippen LogP contribution in [0.15, 0.2) is 138 Å². The molecule has 29 nitrogen and oxygen atoms in total. The molecule has 3 aromatic carbocycles. The molecule has 10 aliphatic heterocycles. The van der Waals surface area contributed by atoms with Crippen LogP contribution >= 0.6 is 85.2 Å². The van der Waals surface area contributed by atoms with Crippen molar-refractivity contribution < 1.29 is 71.5 Å². The number of benzene rings is 3. The van der Waals surface area contributed by atoms with Gasteiger partial charge in [0, 0.05) is 141 Å². The van der Waals surface area contributed by atoms with Crippen molar-refractivity contribution >= 4 is 144 Å².